The van der Waals surface area contributed by atoms with Gasteiger partial charge in [-0.1, -0.05) is 48.5 Å². The van der Waals surface area contributed by atoms with Crippen LogP contribution in [0.1, 0.15) is 36.8 Å². The molecule has 0 spiro atoms. The van der Waals surface area contributed by atoms with Crippen LogP contribution in [0.25, 0.3) is 11.1 Å². The molecule has 2 aliphatic carbocycles. The summed E-state index contributed by atoms with van der Waals surface area (Å²) in [5.74, 6) is -1.54. The van der Waals surface area contributed by atoms with Gasteiger partial charge in [-0.15, -0.1) is 0 Å². The molecule has 7 nitrogen and oxygen atoms in total. The van der Waals surface area contributed by atoms with Crippen molar-refractivity contribution < 1.29 is 24.2 Å². The highest BCUT2D eigenvalue weighted by molar-refractivity contribution is 5.86. The van der Waals surface area contributed by atoms with Gasteiger partial charge in [0.05, 0.1) is 5.92 Å². The van der Waals surface area contributed by atoms with E-state index in [1.54, 1.807) is 14.0 Å². The lowest BCUT2D eigenvalue weighted by Crippen LogP contribution is -2.53. The molecule has 1 atom stereocenters. The number of hydrogen-bond donors (Lipinski definition) is 2. The van der Waals surface area contributed by atoms with Gasteiger partial charge >= 0.3 is 12.1 Å². The summed E-state index contributed by atoms with van der Waals surface area (Å²) in [6.07, 6.45) is 0.234. The standard InChI is InChI=1S/C24H26N2O5/c1-14(22(27)26(2)16-11-15(12-16)23(28)29)25-24(30)31-13-21-19-9-5-3-7-17(19)18-8-4-6-10-20(18)21/h3-10,14-16,21H,11-13H2,1-2H3,(H,25,30)(H,28,29)/t14-,15?,16?/m0/s1. The molecular weight excluding hydrogens is 396 g/mol. The fourth-order valence-electron chi connectivity index (χ4n) is 4.47. The van der Waals surface area contributed by atoms with Crippen molar-refractivity contribution in [3.05, 3.63) is 59.7 Å². The van der Waals surface area contributed by atoms with E-state index >= 15 is 0 Å². The van der Waals surface area contributed by atoms with Gasteiger partial charge in [0, 0.05) is 19.0 Å². The van der Waals surface area contributed by atoms with Gasteiger partial charge in [0.25, 0.3) is 0 Å². The van der Waals surface area contributed by atoms with Crippen molar-refractivity contribution in [1.29, 1.82) is 0 Å². The maximum atomic E-state index is 12.6. The van der Waals surface area contributed by atoms with Crippen LogP contribution in [0.4, 0.5) is 4.79 Å². The first kappa shape index (κ1) is 20.9. The molecule has 1 saturated carbocycles. The first-order valence-corrected chi connectivity index (χ1v) is 10.5. The molecule has 7 heteroatoms. The number of carbonyl (C=O) groups excluding carboxylic acids is 2. The quantitative estimate of drug-likeness (QED) is 0.745. The lowest BCUT2D eigenvalue weighted by molar-refractivity contribution is -0.150. The number of hydrogen-bond acceptors (Lipinski definition) is 4. The molecule has 1 fully saturated rings. The summed E-state index contributed by atoms with van der Waals surface area (Å²) in [6.45, 7) is 1.78. The molecule has 0 heterocycles. The third-order valence-electron chi connectivity index (χ3n) is 6.41. The summed E-state index contributed by atoms with van der Waals surface area (Å²) in [6, 6.07) is 15.3. The van der Waals surface area contributed by atoms with Gasteiger partial charge in [-0.25, -0.2) is 4.79 Å². The lowest BCUT2D eigenvalue weighted by atomic mass is 9.79. The molecule has 31 heavy (non-hydrogen) atoms. The zero-order valence-electron chi connectivity index (χ0n) is 17.6. The van der Waals surface area contributed by atoms with Gasteiger partial charge in [0.2, 0.25) is 5.91 Å². The van der Waals surface area contributed by atoms with Crippen molar-refractivity contribution in [1.82, 2.24) is 10.2 Å². The van der Waals surface area contributed by atoms with E-state index in [1.807, 2.05) is 36.4 Å². The summed E-state index contributed by atoms with van der Waals surface area (Å²) in [5, 5.41) is 11.6. The maximum Gasteiger partial charge on any atom is 0.407 e. The van der Waals surface area contributed by atoms with Crippen LogP contribution in [-0.2, 0) is 14.3 Å². The molecule has 0 saturated heterocycles. The predicted octanol–water partition coefficient (Wildman–Crippen LogP) is 3.24. The van der Waals surface area contributed by atoms with Crippen molar-refractivity contribution >= 4 is 18.0 Å². The van der Waals surface area contributed by atoms with Crippen molar-refractivity contribution in [2.75, 3.05) is 13.7 Å². The second kappa shape index (κ2) is 8.41. The summed E-state index contributed by atoms with van der Waals surface area (Å²) in [4.78, 5) is 37.4. The van der Waals surface area contributed by atoms with E-state index < -0.39 is 24.0 Å². The van der Waals surface area contributed by atoms with Crippen LogP contribution >= 0.6 is 0 Å². The normalized spacial score (nSPS) is 20.1. The Hall–Kier alpha value is -3.35. The van der Waals surface area contributed by atoms with Crippen LogP contribution in [0.3, 0.4) is 0 Å². The summed E-state index contributed by atoms with van der Waals surface area (Å²) < 4.78 is 5.49. The second-order valence-corrected chi connectivity index (χ2v) is 8.30. The number of rotatable bonds is 6. The molecule has 2 aliphatic rings. The zero-order chi connectivity index (χ0) is 22.1. The molecule has 162 valence electrons. The van der Waals surface area contributed by atoms with Crippen molar-refractivity contribution in [2.24, 2.45) is 5.92 Å². The van der Waals surface area contributed by atoms with Crippen molar-refractivity contribution in [3.8, 4) is 11.1 Å². The molecule has 0 aliphatic heterocycles. The van der Waals surface area contributed by atoms with Gasteiger partial charge in [-0.2, -0.15) is 0 Å². The average Bonchev–Trinajstić information content (AvgIpc) is 3.04. The largest absolute Gasteiger partial charge is 0.481 e. The minimum Gasteiger partial charge on any atom is -0.481 e. The molecule has 2 amide bonds. The average molecular weight is 422 g/mol. The minimum atomic E-state index is -0.832. The van der Waals surface area contributed by atoms with Gasteiger partial charge < -0.3 is 20.1 Å². The number of likely N-dealkylation sites (N-methyl/N-ethyl adjacent to an activating group) is 1. The van der Waals surface area contributed by atoms with Crippen LogP contribution in [0.5, 0.6) is 0 Å². The van der Waals surface area contributed by atoms with Gasteiger partial charge in [0.1, 0.15) is 12.6 Å². The Bertz CT molecular complexity index is 969. The van der Waals surface area contributed by atoms with Gasteiger partial charge in [-0.05, 0) is 42.0 Å². The molecule has 0 bridgehead atoms. The fraction of sp³-hybridized carbons (Fsp3) is 0.375. The van der Waals surface area contributed by atoms with E-state index in [1.165, 1.54) is 4.90 Å². The SMILES string of the molecule is C[C@H](NC(=O)OCC1c2ccccc2-c2ccccc21)C(=O)N(C)C1CC(C(=O)O)C1. The first-order chi connectivity index (χ1) is 14.9. The first-order valence-electron chi connectivity index (χ1n) is 10.5. The van der Waals surface area contributed by atoms with Gasteiger partial charge in [-0.3, -0.25) is 9.59 Å². The van der Waals surface area contributed by atoms with Crippen LogP contribution in [0, 0.1) is 5.92 Å². The zero-order valence-corrected chi connectivity index (χ0v) is 17.6. The molecule has 2 aromatic rings. The van der Waals surface area contributed by atoms with E-state index in [-0.39, 0.29) is 24.5 Å². The number of benzene rings is 2. The second-order valence-electron chi connectivity index (χ2n) is 8.30. The monoisotopic (exact) mass is 422 g/mol. The van der Waals surface area contributed by atoms with Crippen LogP contribution in [0.2, 0.25) is 0 Å². The summed E-state index contributed by atoms with van der Waals surface area (Å²) in [7, 11) is 1.64. The van der Waals surface area contributed by atoms with E-state index in [4.69, 9.17) is 9.84 Å². The highest BCUT2D eigenvalue weighted by Gasteiger charge is 2.39. The molecule has 2 aromatic carbocycles. The molecule has 0 unspecified atom stereocenters. The Balaban J connectivity index is 1.32. The van der Waals surface area contributed by atoms with Gasteiger partial charge in [0.15, 0.2) is 0 Å². The number of fused-ring (bicyclic) bond motifs is 3. The topological polar surface area (TPSA) is 95.9 Å². The smallest absolute Gasteiger partial charge is 0.407 e. The Morgan fingerprint density at radius 2 is 1.61 bits per heavy atom. The molecule has 2 N–H and O–H groups in total. The lowest BCUT2D eigenvalue weighted by Gasteiger charge is -2.40. The van der Waals surface area contributed by atoms with E-state index in [0.717, 1.165) is 22.3 Å². The summed E-state index contributed by atoms with van der Waals surface area (Å²) >= 11 is 0. The highest BCUT2D eigenvalue weighted by Crippen LogP contribution is 2.44. The third kappa shape index (κ3) is 4.00. The van der Waals surface area contributed by atoms with Crippen LogP contribution in [0.15, 0.2) is 48.5 Å². The van der Waals surface area contributed by atoms with Crippen molar-refractivity contribution in [3.63, 3.8) is 0 Å². The number of ether oxygens (including phenoxy) is 1. The highest BCUT2D eigenvalue weighted by atomic mass is 16.5. The molecule has 0 radical (unpaired) electrons. The fourth-order valence-corrected chi connectivity index (χ4v) is 4.47. The number of nitrogens with one attached hydrogen (secondary N) is 1. The number of carboxylic acid groups (broad SMARTS) is 1. The van der Waals surface area contributed by atoms with E-state index in [9.17, 15) is 14.4 Å². The minimum absolute atomic E-state index is 0.0465. The Kier molecular flexibility index (Phi) is 5.67. The number of amides is 2. The Labute approximate surface area is 181 Å². The number of nitrogens with zero attached hydrogens (tertiary/aromatic N) is 1. The molecule has 4 rings (SSSR count). The van der Waals surface area contributed by atoms with E-state index in [2.05, 4.69) is 17.4 Å². The van der Waals surface area contributed by atoms with Crippen LogP contribution in [-0.4, -0.2) is 53.7 Å². The Morgan fingerprint density at radius 3 is 2.16 bits per heavy atom. The number of carboxylic acids is 1. The number of carbonyl (C=O) groups is 3. The summed E-state index contributed by atoms with van der Waals surface area (Å²) in [5.41, 5.74) is 4.55. The number of aliphatic carboxylic acids is 1. The van der Waals surface area contributed by atoms with E-state index in [0.29, 0.717) is 12.8 Å². The van der Waals surface area contributed by atoms with Crippen LogP contribution < -0.4 is 5.32 Å². The third-order valence-corrected chi connectivity index (χ3v) is 6.41. The number of alkyl carbamates (subject to hydrolysis) is 1. The molecular formula is C24H26N2O5. The maximum absolute atomic E-state index is 12.6. The van der Waals surface area contributed by atoms with Crippen molar-refractivity contribution in [2.45, 2.75) is 37.8 Å². The Morgan fingerprint density at radius 1 is 1.06 bits per heavy atom. The predicted molar refractivity (Wildman–Crippen MR) is 115 cm³/mol. The molecule has 0 aromatic heterocycles.